The second-order valence-electron chi connectivity index (χ2n) is 4.44. The fourth-order valence-corrected chi connectivity index (χ4v) is 2.36. The third kappa shape index (κ3) is 2.16. The highest BCUT2D eigenvalue weighted by molar-refractivity contribution is 5.53. The molecule has 1 heterocycles. The summed E-state index contributed by atoms with van der Waals surface area (Å²) >= 11 is 0. The lowest BCUT2D eigenvalue weighted by Gasteiger charge is -2.29. The Hall–Kier alpha value is -1.67. The van der Waals surface area contributed by atoms with Gasteiger partial charge in [-0.15, -0.1) is 0 Å². The molecule has 3 nitrogen and oxygen atoms in total. The summed E-state index contributed by atoms with van der Waals surface area (Å²) in [5, 5.41) is 8.65. The molecule has 2 atom stereocenters. The minimum Gasteiger partial charge on any atom is -0.376 e. The number of benzene rings is 1. The van der Waals surface area contributed by atoms with Crippen LogP contribution in [0.25, 0.3) is 0 Å². The zero-order chi connectivity index (χ0) is 13.3. The van der Waals surface area contributed by atoms with Crippen LogP contribution in [0.2, 0.25) is 0 Å². The number of ether oxygens (including phenoxy) is 1. The van der Waals surface area contributed by atoms with Gasteiger partial charge in [-0.05, 0) is 25.5 Å². The van der Waals surface area contributed by atoms with Gasteiger partial charge in [-0.1, -0.05) is 0 Å². The van der Waals surface area contributed by atoms with Gasteiger partial charge >= 0.3 is 0 Å². The number of halogens is 2. The molecule has 1 aliphatic heterocycles. The maximum absolute atomic E-state index is 13.9. The van der Waals surface area contributed by atoms with Gasteiger partial charge in [0.25, 0.3) is 0 Å². The minimum atomic E-state index is -0.715. The number of hydrogen-bond donors (Lipinski definition) is 0. The standard InChI is InChI=1S/C13H14F2N2O/c1-8-12(3-4-18-8)17(2)13-10(14)5-9(7-16)6-11(13)15/h5-6,8,12H,3-4H2,1-2H3. The van der Waals surface area contributed by atoms with Gasteiger partial charge in [-0.2, -0.15) is 5.26 Å². The lowest BCUT2D eigenvalue weighted by molar-refractivity contribution is 0.118. The van der Waals surface area contributed by atoms with Crippen molar-refractivity contribution in [1.82, 2.24) is 0 Å². The van der Waals surface area contributed by atoms with Crippen LogP contribution in [-0.2, 0) is 4.74 Å². The highest BCUT2D eigenvalue weighted by Crippen LogP contribution is 2.29. The van der Waals surface area contributed by atoms with Crippen LogP contribution < -0.4 is 4.90 Å². The van der Waals surface area contributed by atoms with Gasteiger partial charge in [0.05, 0.1) is 23.8 Å². The molecule has 0 aliphatic carbocycles. The van der Waals surface area contributed by atoms with Crippen LogP contribution in [0.5, 0.6) is 0 Å². The third-order valence-electron chi connectivity index (χ3n) is 3.33. The Bertz CT molecular complexity index is 475. The van der Waals surface area contributed by atoms with Crippen LogP contribution in [0, 0.1) is 23.0 Å². The van der Waals surface area contributed by atoms with E-state index < -0.39 is 11.6 Å². The lowest BCUT2D eigenvalue weighted by atomic mass is 10.1. The second-order valence-corrected chi connectivity index (χ2v) is 4.44. The first kappa shape index (κ1) is 12.8. The minimum absolute atomic E-state index is 0.0159. The third-order valence-corrected chi connectivity index (χ3v) is 3.33. The highest BCUT2D eigenvalue weighted by Gasteiger charge is 2.30. The smallest absolute Gasteiger partial charge is 0.150 e. The van der Waals surface area contributed by atoms with E-state index in [2.05, 4.69) is 0 Å². The first-order valence-corrected chi connectivity index (χ1v) is 5.78. The predicted octanol–water partition coefficient (Wildman–Crippen LogP) is 2.45. The Kier molecular flexibility index (Phi) is 3.48. The fraction of sp³-hybridized carbons (Fsp3) is 0.462. The van der Waals surface area contributed by atoms with E-state index in [9.17, 15) is 8.78 Å². The van der Waals surface area contributed by atoms with E-state index in [-0.39, 0.29) is 23.4 Å². The van der Waals surface area contributed by atoms with E-state index in [0.717, 1.165) is 18.6 Å². The van der Waals surface area contributed by atoms with E-state index in [1.165, 1.54) is 0 Å². The monoisotopic (exact) mass is 252 g/mol. The van der Waals surface area contributed by atoms with Crippen molar-refractivity contribution >= 4 is 5.69 Å². The molecular weight excluding hydrogens is 238 g/mol. The van der Waals surface area contributed by atoms with Crippen LogP contribution in [0.1, 0.15) is 18.9 Å². The molecule has 0 bridgehead atoms. The van der Waals surface area contributed by atoms with Crippen molar-refractivity contribution in [2.24, 2.45) is 0 Å². The van der Waals surface area contributed by atoms with E-state index in [1.807, 2.05) is 6.92 Å². The summed E-state index contributed by atoms with van der Waals surface area (Å²) in [5.74, 6) is -1.43. The van der Waals surface area contributed by atoms with Gasteiger partial charge < -0.3 is 9.64 Å². The van der Waals surface area contributed by atoms with Gasteiger partial charge in [-0.25, -0.2) is 8.78 Å². The number of nitriles is 1. The molecule has 1 aromatic carbocycles. The Balaban J connectivity index is 2.36. The SMILES string of the molecule is CC1OCCC1N(C)c1c(F)cc(C#N)cc1F. The molecule has 0 spiro atoms. The molecule has 0 saturated carbocycles. The molecule has 0 amide bonds. The van der Waals surface area contributed by atoms with Crippen molar-refractivity contribution in [3.63, 3.8) is 0 Å². The Labute approximate surface area is 105 Å². The van der Waals surface area contributed by atoms with Crippen LogP contribution >= 0.6 is 0 Å². The van der Waals surface area contributed by atoms with Crippen molar-refractivity contribution in [2.45, 2.75) is 25.5 Å². The van der Waals surface area contributed by atoms with Crippen molar-refractivity contribution in [3.05, 3.63) is 29.3 Å². The molecule has 18 heavy (non-hydrogen) atoms. The zero-order valence-electron chi connectivity index (χ0n) is 10.3. The molecule has 1 aliphatic rings. The van der Waals surface area contributed by atoms with Crippen LogP contribution in [0.15, 0.2) is 12.1 Å². The maximum atomic E-state index is 13.9. The quantitative estimate of drug-likeness (QED) is 0.811. The number of rotatable bonds is 2. The van der Waals surface area contributed by atoms with Gasteiger partial charge in [0.1, 0.15) is 5.69 Å². The number of hydrogen-bond acceptors (Lipinski definition) is 3. The van der Waals surface area contributed by atoms with Gasteiger partial charge in [0.2, 0.25) is 0 Å². The summed E-state index contributed by atoms with van der Waals surface area (Å²) in [6.07, 6.45) is 0.667. The molecule has 5 heteroatoms. The average Bonchev–Trinajstić information content (AvgIpc) is 2.74. The molecule has 2 rings (SSSR count). The van der Waals surface area contributed by atoms with E-state index >= 15 is 0 Å². The van der Waals surface area contributed by atoms with Crippen molar-refractivity contribution < 1.29 is 13.5 Å². The number of anilines is 1. The molecule has 1 fully saturated rings. The topological polar surface area (TPSA) is 36.3 Å². The van der Waals surface area contributed by atoms with Crippen molar-refractivity contribution in [1.29, 1.82) is 5.26 Å². The summed E-state index contributed by atoms with van der Waals surface area (Å²) in [7, 11) is 1.64. The molecule has 2 unspecified atom stereocenters. The maximum Gasteiger partial charge on any atom is 0.150 e. The van der Waals surface area contributed by atoms with Gasteiger partial charge in [-0.3, -0.25) is 0 Å². The molecule has 0 aromatic heterocycles. The second kappa shape index (κ2) is 4.91. The first-order valence-electron chi connectivity index (χ1n) is 5.78. The van der Waals surface area contributed by atoms with Crippen molar-refractivity contribution in [3.8, 4) is 6.07 Å². The summed E-state index contributed by atoms with van der Waals surface area (Å²) in [6.45, 7) is 2.48. The Morgan fingerprint density at radius 2 is 2.00 bits per heavy atom. The largest absolute Gasteiger partial charge is 0.376 e. The summed E-state index contributed by atoms with van der Waals surface area (Å²) in [5.41, 5.74) is -0.116. The highest BCUT2D eigenvalue weighted by atomic mass is 19.1. The molecule has 1 saturated heterocycles. The Morgan fingerprint density at radius 3 is 2.44 bits per heavy atom. The molecule has 96 valence electrons. The van der Waals surface area contributed by atoms with Gasteiger partial charge in [0, 0.05) is 13.7 Å². The fourth-order valence-electron chi connectivity index (χ4n) is 2.36. The average molecular weight is 252 g/mol. The molecule has 1 aromatic rings. The number of nitrogens with zero attached hydrogens (tertiary/aromatic N) is 2. The Morgan fingerprint density at radius 1 is 1.39 bits per heavy atom. The zero-order valence-corrected chi connectivity index (χ0v) is 10.3. The van der Waals surface area contributed by atoms with E-state index in [0.29, 0.717) is 6.61 Å². The lowest BCUT2D eigenvalue weighted by Crippen LogP contribution is -2.37. The van der Waals surface area contributed by atoms with Crippen LogP contribution in [-0.4, -0.2) is 25.8 Å². The number of likely N-dealkylation sites (N-methyl/N-ethyl adjacent to an activating group) is 1. The summed E-state index contributed by atoms with van der Waals surface area (Å²) in [6, 6.07) is 3.78. The van der Waals surface area contributed by atoms with E-state index in [1.54, 1.807) is 18.0 Å². The van der Waals surface area contributed by atoms with Crippen LogP contribution in [0.4, 0.5) is 14.5 Å². The molecule has 0 radical (unpaired) electrons. The molecule has 0 N–H and O–H groups in total. The van der Waals surface area contributed by atoms with E-state index in [4.69, 9.17) is 10.00 Å². The van der Waals surface area contributed by atoms with Gasteiger partial charge in [0.15, 0.2) is 11.6 Å². The summed E-state index contributed by atoms with van der Waals surface area (Å²) < 4.78 is 33.1. The summed E-state index contributed by atoms with van der Waals surface area (Å²) in [4.78, 5) is 1.56. The predicted molar refractivity (Wildman–Crippen MR) is 63.3 cm³/mol. The normalized spacial score (nSPS) is 22.8. The van der Waals surface area contributed by atoms with Crippen molar-refractivity contribution in [2.75, 3.05) is 18.6 Å². The van der Waals surface area contributed by atoms with Crippen LogP contribution in [0.3, 0.4) is 0 Å². The molecular formula is C13H14F2N2O. The first-order chi connectivity index (χ1) is 8.54.